The van der Waals surface area contributed by atoms with Gasteiger partial charge < -0.3 is 5.32 Å². The summed E-state index contributed by atoms with van der Waals surface area (Å²) in [6.45, 7) is 0. The highest BCUT2D eigenvalue weighted by atomic mass is 32.2. The van der Waals surface area contributed by atoms with E-state index in [-0.39, 0.29) is 5.91 Å². The van der Waals surface area contributed by atoms with Crippen LogP contribution in [0, 0.1) is 11.5 Å². The number of amidine groups is 1. The van der Waals surface area contributed by atoms with Crippen LogP contribution in [0.3, 0.4) is 0 Å². The van der Waals surface area contributed by atoms with Gasteiger partial charge >= 0.3 is 0 Å². The molecule has 2 N–H and O–H groups in total. The molecule has 0 saturated heterocycles. The Labute approximate surface area is 103 Å². The van der Waals surface area contributed by atoms with Crippen LogP contribution in [-0.2, 0) is 11.2 Å². The Kier molecular flexibility index (Phi) is 3.30. The molecule has 1 aromatic rings. The Morgan fingerprint density at radius 3 is 3.18 bits per heavy atom. The van der Waals surface area contributed by atoms with Crippen molar-refractivity contribution in [1.82, 2.24) is 5.32 Å². The lowest BCUT2D eigenvalue weighted by molar-refractivity contribution is -0.115. The van der Waals surface area contributed by atoms with Crippen LogP contribution < -0.4 is 10.6 Å². The number of nitrogens with zero attached hydrogens (tertiary/aromatic N) is 2. The van der Waals surface area contributed by atoms with E-state index < -0.39 is 0 Å². The number of amides is 1. The first-order valence-corrected chi connectivity index (χ1v) is 6.16. The Bertz CT molecular complexity index is 533. The predicted octanol–water partition coefficient (Wildman–Crippen LogP) is 1.60. The largest absolute Gasteiger partial charge is 0.325 e. The van der Waals surface area contributed by atoms with Crippen molar-refractivity contribution in [2.45, 2.75) is 6.42 Å². The number of hydrogen-bond acceptors (Lipinski definition) is 4. The van der Waals surface area contributed by atoms with Crippen LogP contribution in [0.15, 0.2) is 23.2 Å². The highest BCUT2D eigenvalue weighted by Gasteiger charge is 2.20. The SMILES string of the molecule is CSC(=Nc1cccc2c1CC(=O)N2)NC#N. The number of carbonyl (C=O) groups excluding carboxylic acids is 1. The summed E-state index contributed by atoms with van der Waals surface area (Å²) in [6, 6.07) is 5.50. The summed E-state index contributed by atoms with van der Waals surface area (Å²) in [5.41, 5.74) is 2.39. The molecular weight excluding hydrogens is 236 g/mol. The van der Waals surface area contributed by atoms with Crippen molar-refractivity contribution in [3.05, 3.63) is 23.8 Å². The normalized spacial score (nSPS) is 13.9. The van der Waals surface area contributed by atoms with Gasteiger partial charge in [-0.3, -0.25) is 10.1 Å². The van der Waals surface area contributed by atoms with E-state index in [9.17, 15) is 4.79 Å². The summed E-state index contributed by atoms with van der Waals surface area (Å²) in [4.78, 5) is 15.6. The van der Waals surface area contributed by atoms with E-state index in [4.69, 9.17) is 5.26 Å². The maximum atomic E-state index is 11.3. The Balaban J connectivity index is 2.38. The van der Waals surface area contributed by atoms with Gasteiger partial charge in [0.2, 0.25) is 5.91 Å². The van der Waals surface area contributed by atoms with E-state index in [1.807, 2.05) is 30.6 Å². The molecule has 0 unspecified atom stereocenters. The van der Waals surface area contributed by atoms with Crippen LogP contribution in [0.4, 0.5) is 11.4 Å². The number of nitriles is 1. The second-order valence-corrected chi connectivity index (χ2v) is 4.18. The van der Waals surface area contributed by atoms with Crippen LogP contribution in [-0.4, -0.2) is 17.3 Å². The number of thioether (sulfide) groups is 1. The van der Waals surface area contributed by atoms with Gasteiger partial charge in [0, 0.05) is 11.3 Å². The van der Waals surface area contributed by atoms with E-state index in [0.29, 0.717) is 17.3 Å². The molecule has 0 spiro atoms. The molecule has 1 amide bonds. The summed E-state index contributed by atoms with van der Waals surface area (Å²) >= 11 is 1.35. The molecule has 1 heterocycles. The molecule has 0 atom stereocenters. The third kappa shape index (κ3) is 2.40. The molecule has 1 aliphatic rings. The third-order valence-corrected chi connectivity index (χ3v) is 2.92. The summed E-state index contributed by atoms with van der Waals surface area (Å²) < 4.78 is 0. The van der Waals surface area contributed by atoms with Crippen molar-refractivity contribution in [2.75, 3.05) is 11.6 Å². The lowest BCUT2D eigenvalue weighted by Gasteiger charge is -2.04. The molecule has 86 valence electrons. The molecule has 17 heavy (non-hydrogen) atoms. The second-order valence-electron chi connectivity index (χ2n) is 3.39. The average molecular weight is 246 g/mol. The fourth-order valence-electron chi connectivity index (χ4n) is 1.62. The summed E-state index contributed by atoms with van der Waals surface area (Å²) in [7, 11) is 0. The highest BCUT2D eigenvalue weighted by molar-refractivity contribution is 8.13. The van der Waals surface area contributed by atoms with Gasteiger partial charge in [-0.1, -0.05) is 17.8 Å². The fourth-order valence-corrected chi connectivity index (χ4v) is 1.96. The highest BCUT2D eigenvalue weighted by Crippen LogP contribution is 2.32. The molecule has 5 nitrogen and oxygen atoms in total. The van der Waals surface area contributed by atoms with Gasteiger partial charge in [0.1, 0.15) is 0 Å². The van der Waals surface area contributed by atoms with Crippen LogP contribution >= 0.6 is 11.8 Å². The predicted molar refractivity (Wildman–Crippen MR) is 68.1 cm³/mol. The molecule has 0 aliphatic carbocycles. The fraction of sp³-hybridized carbons (Fsp3) is 0.182. The van der Waals surface area contributed by atoms with Gasteiger partial charge in [-0.15, -0.1) is 0 Å². The molecular formula is C11H10N4OS. The van der Waals surface area contributed by atoms with Gasteiger partial charge in [-0.2, -0.15) is 5.26 Å². The van der Waals surface area contributed by atoms with Crippen LogP contribution in [0.5, 0.6) is 0 Å². The van der Waals surface area contributed by atoms with Crippen molar-refractivity contribution < 1.29 is 4.79 Å². The zero-order valence-electron chi connectivity index (χ0n) is 9.15. The summed E-state index contributed by atoms with van der Waals surface area (Å²) in [5, 5.41) is 14.3. The van der Waals surface area contributed by atoms with Gasteiger partial charge in [-0.25, -0.2) is 4.99 Å². The van der Waals surface area contributed by atoms with Gasteiger partial charge in [0.05, 0.1) is 12.1 Å². The van der Waals surface area contributed by atoms with Crippen molar-refractivity contribution in [1.29, 1.82) is 5.26 Å². The van der Waals surface area contributed by atoms with Crippen molar-refractivity contribution in [2.24, 2.45) is 4.99 Å². The molecule has 6 heteroatoms. The molecule has 0 aromatic heterocycles. The van der Waals surface area contributed by atoms with Crippen LogP contribution in [0.25, 0.3) is 0 Å². The van der Waals surface area contributed by atoms with E-state index in [1.165, 1.54) is 11.8 Å². The van der Waals surface area contributed by atoms with Crippen molar-refractivity contribution in [3.8, 4) is 6.19 Å². The summed E-state index contributed by atoms with van der Waals surface area (Å²) in [6.07, 6.45) is 4.00. The number of rotatable bonds is 1. The zero-order valence-corrected chi connectivity index (χ0v) is 9.97. The quantitative estimate of drug-likeness (QED) is 0.341. The smallest absolute Gasteiger partial charge is 0.228 e. The van der Waals surface area contributed by atoms with E-state index >= 15 is 0 Å². The number of benzene rings is 1. The second kappa shape index (κ2) is 4.89. The minimum Gasteiger partial charge on any atom is -0.325 e. The van der Waals surface area contributed by atoms with Crippen LogP contribution in [0.1, 0.15) is 5.56 Å². The lowest BCUT2D eigenvalue weighted by Crippen LogP contribution is -2.12. The zero-order chi connectivity index (χ0) is 12.3. The van der Waals surface area contributed by atoms with Crippen molar-refractivity contribution >= 4 is 34.2 Å². The van der Waals surface area contributed by atoms with E-state index in [1.54, 1.807) is 0 Å². The molecule has 1 aromatic carbocycles. The number of nitrogens with one attached hydrogen (secondary N) is 2. The average Bonchev–Trinajstić information content (AvgIpc) is 2.70. The lowest BCUT2D eigenvalue weighted by atomic mass is 10.1. The van der Waals surface area contributed by atoms with Crippen molar-refractivity contribution in [3.63, 3.8) is 0 Å². The van der Waals surface area contributed by atoms with E-state index in [0.717, 1.165) is 11.3 Å². The maximum absolute atomic E-state index is 11.3. The standard InChI is InChI=1S/C11H10N4OS/c1-17-11(13-6-12)15-9-4-2-3-8-7(9)5-10(16)14-8/h2-4H,5H2,1H3,(H,13,15)(H,14,16). The first-order valence-electron chi connectivity index (χ1n) is 4.94. The first-order chi connectivity index (χ1) is 8.24. The minimum atomic E-state index is -0.0263. The monoisotopic (exact) mass is 246 g/mol. The Morgan fingerprint density at radius 1 is 1.65 bits per heavy atom. The number of carbonyl (C=O) groups is 1. The first kappa shape index (κ1) is 11.5. The minimum absolute atomic E-state index is 0.0263. The Hall–Kier alpha value is -2.00. The molecule has 0 bridgehead atoms. The van der Waals surface area contributed by atoms with Gasteiger partial charge in [0.25, 0.3) is 0 Å². The molecule has 2 rings (SSSR count). The molecule has 0 saturated carbocycles. The summed E-state index contributed by atoms with van der Waals surface area (Å²) in [5.74, 6) is -0.0263. The van der Waals surface area contributed by atoms with Gasteiger partial charge in [-0.05, 0) is 18.4 Å². The molecule has 0 fully saturated rings. The van der Waals surface area contributed by atoms with Gasteiger partial charge in [0.15, 0.2) is 11.4 Å². The Morgan fingerprint density at radius 2 is 2.47 bits per heavy atom. The maximum Gasteiger partial charge on any atom is 0.228 e. The van der Waals surface area contributed by atoms with E-state index in [2.05, 4.69) is 15.6 Å². The van der Waals surface area contributed by atoms with Crippen LogP contribution in [0.2, 0.25) is 0 Å². The number of fused-ring (bicyclic) bond motifs is 1. The third-order valence-electron chi connectivity index (χ3n) is 2.34. The molecule has 1 aliphatic heterocycles. The molecule has 0 radical (unpaired) electrons. The topological polar surface area (TPSA) is 77.3 Å². The number of aliphatic imine (C=N–C) groups is 1. The number of anilines is 1. The number of hydrogen-bond donors (Lipinski definition) is 2.